The lowest BCUT2D eigenvalue weighted by molar-refractivity contribution is 0.410. The number of anilines is 2. The molecular formula is C11H14N4O. The molecule has 2 rings (SSSR count). The van der Waals surface area contributed by atoms with Crippen LogP contribution in [0.2, 0.25) is 0 Å². The fourth-order valence-corrected chi connectivity index (χ4v) is 1.46. The second-order valence-corrected chi connectivity index (χ2v) is 3.54. The number of nitrogens with zero attached hydrogens (tertiary/aromatic N) is 2. The monoisotopic (exact) mass is 218 g/mol. The summed E-state index contributed by atoms with van der Waals surface area (Å²) in [6.45, 7) is 2.75. The van der Waals surface area contributed by atoms with Gasteiger partial charge in [-0.25, -0.2) is 0 Å². The molecular weight excluding hydrogens is 204 g/mol. The Morgan fingerprint density at radius 3 is 3.06 bits per heavy atom. The van der Waals surface area contributed by atoms with E-state index in [4.69, 9.17) is 5.73 Å². The summed E-state index contributed by atoms with van der Waals surface area (Å²) in [5.74, 6) is 0.703. The van der Waals surface area contributed by atoms with E-state index in [0.717, 1.165) is 29.9 Å². The first-order valence-electron chi connectivity index (χ1n) is 5.11. The number of hydrogen-bond donors (Lipinski definition) is 2. The summed E-state index contributed by atoms with van der Waals surface area (Å²) in [7, 11) is 0. The van der Waals surface area contributed by atoms with Gasteiger partial charge in [0.1, 0.15) is 0 Å². The van der Waals surface area contributed by atoms with E-state index in [9.17, 15) is 0 Å². The standard InChI is InChI=1S/C11H14N4O/c1-8-9(12)3-2-4-10(8)13-6-5-11-14-7-16-15-11/h2-4,7,13H,5-6,12H2,1H3. The summed E-state index contributed by atoms with van der Waals surface area (Å²) < 4.78 is 4.65. The predicted octanol–water partition coefficient (Wildman–Crippen LogP) is 1.61. The molecule has 0 saturated heterocycles. The summed E-state index contributed by atoms with van der Waals surface area (Å²) >= 11 is 0. The number of aromatic nitrogens is 2. The molecule has 1 heterocycles. The second-order valence-electron chi connectivity index (χ2n) is 3.54. The first-order valence-corrected chi connectivity index (χ1v) is 5.11. The molecule has 0 spiro atoms. The van der Waals surface area contributed by atoms with Gasteiger partial charge in [-0.2, -0.15) is 4.98 Å². The van der Waals surface area contributed by atoms with Crippen molar-refractivity contribution in [2.24, 2.45) is 0 Å². The normalized spacial score (nSPS) is 10.3. The van der Waals surface area contributed by atoms with Gasteiger partial charge < -0.3 is 15.6 Å². The van der Waals surface area contributed by atoms with Crippen LogP contribution in [0.15, 0.2) is 29.1 Å². The molecule has 0 amide bonds. The minimum absolute atomic E-state index is 0.703. The molecule has 0 aliphatic heterocycles. The number of nitrogen functional groups attached to an aromatic ring is 1. The molecule has 0 fully saturated rings. The van der Waals surface area contributed by atoms with Gasteiger partial charge in [0, 0.05) is 24.3 Å². The van der Waals surface area contributed by atoms with Crippen molar-refractivity contribution in [3.63, 3.8) is 0 Å². The third kappa shape index (κ3) is 2.31. The molecule has 16 heavy (non-hydrogen) atoms. The van der Waals surface area contributed by atoms with E-state index in [0.29, 0.717) is 5.82 Å². The van der Waals surface area contributed by atoms with Crippen molar-refractivity contribution in [3.05, 3.63) is 36.0 Å². The van der Waals surface area contributed by atoms with E-state index in [1.807, 2.05) is 25.1 Å². The average molecular weight is 218 g/mol. The van der Waals surface area contributed by atoms with Crippen molar-refractivity contribution in [1.29, 1.82) is 0 Å². The highest BCUT2D eigenvalue weighted by Gasteiger charge is 2.01. The van der Waals surface area contributed by atoms with Crippen molar-refractivity contribution in [2.75, 3.05) is 17.6 Å². The van der Waals surface area contributed by atoms with E-state index in [-0.39, 0.29) is 0 Å². The maximum atomic E-state index is 5.81. The van der Waals surface area contributed by atoms with Gasteiger partial charge in [-0.1, -0.05) is 11.2 Å². The number of benzene rings is 1. The van der Waals surface area contributed by atoms with Crippen LogP contribution in [0.5, 0.6) is 0 Å². The lowest BCUT2D eigenvalue weighted by atomic mass is 10.1. The third-order valence-electron chi connectivity index (χ3n) is 2.45. The highest BCUT2D eigenvalue weighted by molar-refractivity contribution is 5.62. The van der Waals surface area contributed by atoms with E-state index in [2.05, 4.69) is 20.0 Å². The summed E-state index contributed by atoms with van der Waals surface area (Å²) in [6.07, 6.45) is 2.06. The topological polar surface area (TPSA) is 77.0 Å². The van der Waals surface area contributed by atoms with E-state index < -0.39 is 0 Å². The van der Waals surface area contributed by atoms with Gasteiger partial charge in [0.15, 0.2) is 5.82 Å². The highest BCUT2D eigenvalue weighted by Crippen LogP contribution is 2.20. The zero-order chi connectivity index (χ0) is 11.4. The van der Waals surface area contributed by atoms with Gasteiger partial charge >= 0.3 is 0 Å². The Hall–Kier alpha value is -2.04. The molecule has 1 aromatic heterocycles. The zero-order valence-corrected chi connectivity index (χ0v) is 9.10. The van der Waals surface area contributed by atoms with Gasteiger partial charge in [-0.15, -0.1) is 0 Å². The number of hydrogen-bond acceptors (Lipinski definition) is 5. The predicted molar refractivity (Wildman–Crippen MR) is 62.1 cm³/mol. The largest absolute Gasteiger partial charge is 0.398 e. The van der Waals surface area contributed by atoms with E-state index in [1.165, 1.54) is 6.39 Å². The molecule has 0 saturated carbocycles. The molecule has 0 radical (unpaired) electrons. The summed E-state index contributed by atoms with van der Waals surface area (Å²) in [5, 5.41) is 7.03. The molecule has 1 aromatic carbocycles. The van der Waals surface area contributed by atoms with Crippen LogP contribution in [0, 0.1) is 6.92 Å². The first kappa shape index (κ1) is 10.5. The van der Waals surface area contributed by atoms with Gasteiger partial charge in [0.05, 0.1) is 0 Å². The van der Waals surface area contributed by atoms with Gasteiger partial charge in [-0.05, 0) is 24.6 Å². The molecule has 5 heteroatoms. The van der Waals surface area contributed by atoms with Crippen molar-refractivity contribution in [2.45, 2.75) is 13.3 Å². The maximum Gasteiger partial charge on any atom is 0.213 e. The Bertz CT molecular complexity index is 453. The SMILES string of the molecule is Cc1c(N)cccc1NCCc1ncon1. The van der Waals surface area contributed by atoms with Crippen LogP contribution in [-0.2, 0) is 6.42 Å². The summed E-state index contributed by atoms with van der Waals surface area (Å²) in [6, 6.07) is 5.82. The lowest BCUT2D eigenvalue weighted by Crippen LogP contribution is -2.07. The van der Waals surface area contributed by atoms with E-state index in [1.54, 1.807) is 0 Å². The molecule has 0 bridgehead atoms. The molecule has 0 aliphatic rings. The van der Waals surface area contributed by atoms with Crippen LogP contribution in [0.3, 0.4) is 0 Å². The maximum absolute atomic E-state index is 5.81. The Morgan fingerprint density at radius 2 is 2.31 bits per heavy atom. The minimum atomic E-state index is 0.703. The van der Waals surface area contributed by atoms with Crippen molar-refractivity contribution in [3.8, 4) is 0 Å². The van der Waals surface area contributed by atoms with Gasteiger partial charge in [0.25, 0.3) is 0 Å². The van der Waals surface area contributed by atoms with Crippen LogP contribution >= 0.6 is 0 Å². The lowest BCUT2D eigenvalue weighted by Gasteiger charge is -2.09. The fraction of sp³-hybridized carbons (Fsp3) is 0.273. The average Bonchev–Trinajstić information content (AvgIpc) is 2.77. The molecule has 84 valence electrons. The van der Waals surface area contributed by atoms with Crippen LogP contribution in [0.4, 0.5) is 11.4 Å². The van der Waals surface area contributed by atoms with Crippen LogP contribution < -0.4 is 11.1 Å². The van der Waals surface area contributed by atoms with Crippen LogP contribution in [-0.4, -0.2) is 16.7 Å². The third-order valence-corrected chi connectivity index (χ3v) is 2.45. The Kier molecular flexibility index (Phi) is 3.05. The van der Waals surface area contributed by atoms with E-state index >= 15 is 0 Å². The molecule has 3 N–H and O–H groups in total. The molecule has 0 unspecified atom stereocenters. The Morgan fingerprint density at radius 1 is 1.44 bits per heavy atom. The molecule has 5 nitrogen and oxygen atoms in total. The van der Waals surface area contributed by atoms with Crippen molar-refractivity contribution in [1.82, 2.24) is 10.1 Å². The van der Waals surface area contributed by atoms with Crippen LogP contribution in [0.25, 0.3) is 0 Å². The van der Waals surface area contributed by atoms with Crippen LogP contribution in [0.1, 0.15) is 11.4 Å². The van der Waals surface area contributed by atoms with Gasteiger partial charge in [-0.3, -0.25) is 0 Å². The number of nitrogens with two attached hydrogens (primary N) is 1. The summed E-state index contributed by atoms with van der Waals surface area (Å²) in [5.41, 5.74) is 8.71. The summed E-state index contributed by atoms with van der Waals surface area (Å²) in [4.78, 5) is 3.94. The Balaban J connectivity index is 1.92. The minimum Gasteiger partial charge on any atom is -0.398 e. The van der Waals surface area contributed by atoms with Crippen molar-refractivity contribution >= 4 is 11.4 Å². The fourth-order valence-electron chi connectivity index (χ4n) is 1.46. The van der Waals surface area contributed by atoms with Crippen molar-refractivity contribution < 1.29 is 4.52 Å². The number of rotatable bonds is 4. The highest BCUT2D eigenvalue weighted by atomic mass is 16.5. The smallest absolute Gasteiger partial charge is 0.213 e. The molecule has 0 aliphatic carbocycles. The second kappa shape index (κ2) is 4.65. The zero-order valence-electron chi connectivity index (χ0n) is 9.10. The number of nitrogens with one attached hydrogen (secondary N) is 1. The van der Waals surface area contributed by atoms with Gasteiger partial charge in [0.2, 0.25) is 6.39 Å². The molecule has 2 aromatic rings. The molecule has 0 atom stereocenters. The first-order chi connectivity index (χ1) is 7.77. The quantitative estimate of drug-likeness (QED) is 0.762. The Labute approximate surface area is 93.7 Å².